The fourth-order valence-corrected chi connectivity index (χ4v) is 1.94. The number of hydrogen-bond acceptors (Lipinski definition) is 3. The summed E-state index contributed by atoms with van der Waals surface area (Å²) in [6, 6.07) is 10.2. The van der Waals surface area contributed by atoms with E-state index in [1.54, 1.807) is 6.20 Å². The summed E-state index contributed by atoms with van der Waals surface area (Å²) in [6.45, 7) is 4.69. The molecule has 0 spiro atoms. The second-order valence-corrected chi connectivity index (χ2v) is 4.77. The number of pyridine rings is 1. The highest BCUT2D eigenvalue weighted by atomic mass is 16.5. The summed E-state index contributed by atoms with van der Waals surface area (Å²) >= 11 is 0. The number of nitrogens with two attached hydrogens (primary N) is 1. The van der Waals surface area contributed by atoms with Gasteiger partial charge in [-0.1, -0.05) is 18.2 Å². The Labute approximate surface area is 114 Å². The van der Waals surface area contributed by atoms with Gasteiger partial charge in [0.1, 0.15) is 5.75 Å². The van der Waals surface area contributed by atoms with E-state index in [0.717, 1.165) is 23.3 Å². The normalized spacial score (nSPS) is 12.2. The molecule has 0 saturated heterocycles. The van der Waals surface area contributed by atoms with E-state index < -0.39 is 0 Å². The van der Waals surface area contributed by atoms with Gasteiger partial charge in [0.25, 0.3) is 0 Å². The van der Waals surface area contributed by atoms with Crippen LogP contribution in [0, 0.1) is 6.92 Å². The molecule has 0 bridgehead atoms. The molecule has 0 aliphatic carbocycles. The number of rotatable bonds is 5. The summed E-state index contributed by atoms with van der Waals surface area (Å²) in [5.74, 6) is 0.924. The van der Waals surface area contributed by atoms with E-state index in [0.29, 0.717) is 6.61 Å². The first-order valence-corrected chi connectivity index (χ1v) is 6.54. The molecule has 3 nitrogen and oxygen atoms in total. The minimum atomic E-state index is 0.0585. The number of benzene rings is 1. The lowest BCUT2D eigenvalue weighted by Crippen LogP contribution is -2.06. The van der Waals surface area contributed by atoms with Crippen LogP contribution in [-0.2, 0) is 6.42 Å². The van der Waals surface area contributed by atoms with Crippen LogP contribution in [0.5, 0.6) is 5.75 Å². The Morgan fingerprint density at radius 2 is 2.16 bits per heavy atom. The summed E-state index contributed by atoms with van der Waals surface area (Å²) in [5.41, 5.74) is 9.31. The molecular formula is C16H20N2O. The molecule has 0 saturated carbocycles. The van der Waals surface area contributed by atoms with E-state index in [1.807, 2.05) is 38.2 Å². The van der Waals surface area contributed by atoms with Crippen LogP contribution >= 0.6 is 0 Å². The number of aryl methyl sites for hydroxylation is 1. The van der Waals surface area contributed by atoms with Gasteiger partial charge in [-0.05, 0) is 42.7 Å². The van der Waals surface area contributed by atoms with E-state index in [1.165, 1.54) is 5.56 Å². The van der Waals surface area contributed by atoms with E-state index in [2.05, 4.69) is 17.1 Å². The molecule has 1 aromatic heterocycles. The van der Waals surface area contributed by atoms with Gasteiger partial charge in [-0.2, -0.15) is 0 Å². The molecule has 1 atom stereocenters. The van der Waals surface area contributed by atoms with Crippen LogP contribution in [0.25, 0.3) is 0 Å². The molecule has 2 N–H and O–H groups in total. The van der Waals surface area contributed by atoms with Gasteiger partial charge in [-0.25, -0.2) is 0 Å². The standard InChI is InChI=1S/C16H20N2O/c1-12-10-15(13(2)17)5-6-16(12)19-9-7-14-4-3-8-18-11-14/h3-6,8,10-11,13H,7,9,17H2,1-2H3. The molecule has 100 valence electrons. The molecule has 19 heavy (non-hydrogen) atoms. The lowest BCUT2D eigenvalue weighted by atomic mass is 10.1. The molecule has 2 rings (SSSR count). The molecule has 1 aromatic carbocycles. The van der Waals surface area contributed by atoms with Crippen molar-refractivity contribution in [3.8, 4) is 5.75 Å². The predicted octanol–water partition coefficient (Wildman–Crippen LogP) is 3.03. The van der Waals surface area contributed by atoms with Crippen molar-refractivity contribution in [2.75, 3.05) is 6.61 Å². The molecule has 0 amide bonds. The zero-order valence-corrected chi connectivity index (χ0v) is 11.5. The van der Waals surface area contributed by atoms with Crippen LogP contribution in [0.1, 0.15) is 29.7 Å². The number of ether oxygens (including phenoxy) is 1. The van der Waals surface area contributed by atoms with Crippen molar-refractivity contribution in [2.24, 2.45) is 5.73 Å². The third-order valence-corrected chi connectivity index (χ3v) is 3.10. The summed E-state index contributed by atoms with van der Waals surface area (Å²) in [7, 11) is 0. The first-order chi connectivity index (χ1) is 9.16. The van der Waals surface area contributed by atoms with Crippen molar-refractivity contribution in [1.29, 1.82) is 0 Å². The van der Waals surface area contributed by atoms with Crippen LogP contribution in [0.4, 0.5) is 0 Å². The van der Waals surface area contributed by atoms with Crippen molar-refractivity contribution in [3.63, 3.8) is 0 Å². The van der Waals surface area contributed by atoms with Crippen molar-refractivity contribution in [3.05, 3.63) is 59.4 Å². The van der Waals surface area contributed by atoms with Crippen LogP contribution < -0.4 is 10.5 Å². The van der Waals surface area contributed by atoms with Crippen LogP contribution in [-0.4, -0.2) is 11.6 Å². The Hall–Kier alpha value is -1.87. The lowest BCUT2D eigenvalue weighted by Gasteiger charge is -2.12. The van der Waals surface area contributed by atoms with Crippen LogP contribution in [0.15, 0.2) is 42.7 Å². The molecule has 1 unspecified atom stereocenters. The third-order valence-electron chi connectivity index (χ3n) is 3.10. The molecule has 0 fully saturated rings. The number of hydrogen-bond donors (Lipinski definition) is 1. The quantitative estimate of drug-likeness (QED) is 0.894. The Kier molecular flexibility index (Phi) is 4.53. The Morgan fingerprint density at radius 1 is 1.32 bits per heavy atom. The molecule has 0 aliphatic rings. The number of nitrogens with zero attached hydrogens (tertiary/aromatic N) is 1. The van der Waals surface area contributed by atoms with E-state index in [-0.39, 0.29) is 6.04 Å². The van der Waals surface area contributed by atoms with E-state index in [9.17, 15) is 0 Å². The smallest absolute Gasteiger partial charge is 0.122 e. The average molecular weight is 256 g/mol. The zero-order chi connectivity index (χ0) is 13.7. The van der Waals surface area contributed by atoms with Crippen molar-refractivity contribution in [2.45, 2.75) is 26.3 Å². The van der Waals surface area contributed by atoms with Gasteiger partial charge >= 0.3 is 0 Å². The fraction of sp³-hybridized carbons (Fsp3) is 0.312. The van der Waals surface area contributed by atoms with Gasteiger partial charge in [0.2, 0.25) is 0 Å². The molecular weight excluding hydrogens is 236 g/mol. The summed E-state index contributed by atoms with van der Waals surface area (Å²) < 4.78 is 5.81. The first kappa shape index (κ1) is 13.6. The molecule has 1 heterocycles. The Morgan fingerprint density at radius 3 is 2.79 bits per heavy atom. The van der Waals surface area contributed by atoms with Gasteiger partial charge in [-0.3, -0.25) is 4.98 Å². The summed E-state index contributed by atoms with van der Waals surface area (Å²) in [5, 5.41) is 0. The molecule has 3 heteroatoms. The maximum atomic E-state index is 5.86. The fourth-order valence-electron chi connectivity index (χ4n) is 1.94. The van der Waals surface area contributed by atoms with E-state index in [4.69, 9.17) is 10.5 Å². The molecule has 0 aliphatic heterocycles. The highest BCUT2D eigenvalue weighted by Gasteiger charge is 2.04. The van der Waals surface area contributed by atoms with Crippen molar-refractivity contribution < 1.29 is 4.74 Å². The minimum absolute atomic E-state index is 0.0585. The monoisotopic (exact) mass is 256 g/mol. The topological polar surface area (TPSA) is 48.1 Å². The van der Waals surface area contributed by atoms with Gasteiger partial charge in [-0.15, -0.1) is 0 Å². The lowest BCUT2D eigenvalue weighted by molar-refractivity contribution is 0.319. The van der Waals surface area contributed by atoms with Gasteiger partial charge in [0.15, 0.2) is 0 Å². The summed E-state index contributed by atoms with van der Waals surface area (Å²) in [4.78, 5) is 4.09. The zero-order valence-electron chi connectivity index (χ0n) is 11.5. The summed E-state index contributed by atoms with van der Waals surface area (Å²) in [6.07, 6.45) is 4.51. The molecule has 0 radical (unpaired) electrons. The maximum Gasteiger partial charge on any atom is 0.122 e. The largest absolute Gasteiger partial charge is 0.493 e. The third kappa shape index (κ3) is 3.80. The average Bonchev–Trinajstić information content (AvgIpc) is 2.41. The van der Waals surface area contributed by atoms with Crippen molar-refractivity contribution in [1.82, 2.24) is 4.98 Å². The maximum absolute atomic E-state index is 5.86. The van der Waals surface area contributed by atoms with E-state index >= 15 is 0 Å². The first-order valence-electron chi connectivity index (χ1n) is 6.54. The van der Waals surface area contributed by atoms with Gasteiger partial charge in [0, 0.05) is 24.9 Å². The Bertz CT molecular complexity index is 524. The molecule has 2 aromatic rings. The minimum Gasteiger partial charge on any atom is -0.493 e. The second-order valence-electron chi connectivity index (χ2n) is 4.77. The highest BCUT2D eigenvalue weighted by Crippen LogP contribution is 2.22. The Balaban J connectivity index is 1.93. The van der Waals surface area contributed by atoms with Gasteiger partial charge < -0.3 is 10.5 Å². The van der Waals surface area contributed by atoms with Crippen LogP contribution in [0.3, 0.4) is 0 Å². The van der Waals surface area contributed by atoms with Gasteiger partial charge in [0.05, 0.1) is 6.61 Å². The van der Waals surface area contributed by atoms with Crippen molar-refractivity contribution >= 4 is 0 Å². The van der Waals surface area contributed by atoms with Crippen LogP contribution in [0.2, 0.25) is 0 Å². The highest BCUT2D eigenvalue weighted by molar-refractivity contribution is 5.37. The predicted molar refractivity (Wildman–Crippen MR) is 77.2 cm³/mol. The SMILES string of the molecule is Cc1cc(C(C)N)ccc1OCCc1cccnc1. The second kappa shape index (κ2) is 6.34. The number of aromatic nitrogens is 1.